The van der Waals surface area contributed by atoms with Crippen LogP contribution in [0.4, 0.5) is 11.4 Å². The minimum Gasteiger partial charge on any atom is -0.380 e. The van der Waals surface area contributed by atoms with Gasteiger partial charge in [0.1, 0.15) is 11.8 Å². The third-order valence-corrected chi connectivity index (χ3v) is 3.51. The number of amides is 1. The van der Waals surface area contributed by atoms with Crippen LogP contribution in [-0.2, 0) is 6.54 Å². The van der Waals surface area contributed by atoms with E-state index in [1.54, 1.807) is 30.6 Å². The zero-order chi connectivity index (χ0) is 17.5. The van der Waals surface area contributed by atoms with Crippen LogP contribution < -0.4 is 10.6 Å². The van der Waals surface area contributed by atoms with Gasteiger partial charge < -0.3 is 10.6 Å². The summed E-state index contributed by atoms with van der Waals surface area (Å²) in [6, 6.07) is 16.5. The highest BCUT2D eigenvalue weighted by atomic mass is 16.1. The number of anilines is 2. The van der Waals surface area contributed by atoms with Crippen LogP contribution in [0.2, 0.25) is 0 Å². The molecule has 25 heavy (non-hydrogen) atoms. The van der Waals surface area contributed by atoms with E-state index in [4.69, 9.17) is 5.26 Å². The lowest BCUT2D eigenvalue weighted by Crippen LogP contribution is -2.12. The van der Waals surface area contributed by atoms with Crippen molar-refractivity contribution >= 4 is 17.3 Å². The highest BCUT2D eigenvalue weighted by Crippen LogP contribution is 2.13. The van der Waals surface area contributed by atoms with Gasteiger partial charge in [0, 0.05) is 24.6 Å². The molecule has 3 aromatic rings. The molecule has 0 aliphatic heterocycles. The van der Waals surface area contributed by atoms with Crippen LogP contribution in [0.15, 0.2) is 67.1 Å². The Labute approximate surface area is 145 Å². The summed E-state index contributed by atoms with van der Waals surface area (Å²) < 4.78 is 0. The molecule has 0 unspecified atom stereocenters. The number of rotatable bonds is 5. The Hall–Kier alpha value is -3.72. The van der Waals surface area contributed by atoms with Crippen LogP contribution in [0.5, 0.6) is 0 Å². The van der Waals surface area contributed by atoms with Crippen molar-refractivity contribution in [1.82, 2.24) is 9.97 Å². The van der Waals surface area contributed by atoms with Crippen LogP contribution in [0, 0.1) is 11.3 Å². The van der Waals surface area contributed by atoms with E-state index in [1.807, 2.05) is 36.4 Å². The SMILES string of the molecule is N#Cc1ccc(NCc2ccc(NC(=O)c3cccnc3)cc2)cn1. The predicted octanol–water partition coefficient (Wildman–Crippen LogP) is 3.21. The van der Waals surface area contributed by atoms with E-state index in [0.29, 0.717) is 17.8 Å². The van der Waals surface area contributed by atoms with Crippen molar-refractivity contribution in [2.75, 3.05) is 10.6 Å². The van der Waals surface area contributed by atoms with Gasteiger partial charge in [0.25, 0.3) is 5.91 Å². The second-order valence-corrected chi connectivity index (χ2v) is 5.29. The lowest BCUT2D eigenvalue weighted by atomic mass is 10.2. The third-order valence-electron chi connectivity index (χ3n) is 3.51. The summed E-state index contributed by atoms with van der Waals surface area (Å²) >= 11 is 0. The molecular weight excluding hydrogens is 314 g/mol. The molecule has 0 spiro atoms. The van der Waals surface area contributed by atoms with E-state index in [-0.39, 0.29) is 5.91 Å². The molecule has 0 aliphatic rings. The number of aromatic nitrogens is 2. The van der Waals surface area contributed by atoms with Gasteiger partial charge in [-0.2, -0.15) is 5.26 Å². The van der Waals surface area contributed by atoms with Crippen molar-refractivity contribution in [1.29, 1.82) is 5.26 Å². The van der Waals surface area contributed by atoms with E-state index in [1.165, 1.54) is 6.20 Å². The Bertz CT molecular complexity index is 884. The zero-order valence-electron chi connectivity index (χ0n) is 13.3. The molecule has 0 aliphatic carbocycles. The first-order valence-corrected chi connectivity index (χ1v) is 7.65. The molecule has 0 bridgehead atoms. The van der Waals surface area contributed by atoms with Crippen molar-refractivity contribution in [3.63, 3.8) is 0 Å². The maximum atomic E-state index is 12.1. The summed E-state index contributed by atoms with van der Waals surface area (Å²) in [7, 11) is 0. The summed E-state index contributed by atoms with van der Waals surface area (Å²) in [4.78, 5) is 20.0. The summed E-state index contributed by atoms with van der Waals surface area (Å²) in [5.41, 5.74) is 3.52. The summed E-state index contributed by atoms with van der Waals surface area (Å²) in [5.74, 6) is -0.192. The monoisotopic (exact) mass is 329 g/mol. The van der Waals surface area contributed by atoms with Crippen LogP contribution >= 0.6 is 0 Å². The molecule has 2 N–H and O–H groups in total. The van der Waals surface area contributed by atoms with Crippen LogP contribution in [0.3, 0.4) is 0 Å². The second kappa shape index (κ2) is 7.70. The molecular formula is C19H15N5O. The number of carbonyl (C=O) groups excluding carboxylic acids is 1. The first-order valence-electron chi connectivity index (χ1n) is 7.65. The number of benzene rings is 1. The average molecular weight is 329 g/mol. The first kappa shape index (κ1) is 16.1. The molecule has 6 nitrogen and oxygen atoms in total. The predicted molar refractivity (Wildman–Crippen MR) is 94.9 cm³/mol. The number of nitrogens with zero attached hydrogens (tertiary/aromatic N) is 3. The Morgan fingerprint density at radius 1 is 1.04 bits per heavy atom. The summed E-state index contributed by atoms with van der Waals surface area (Å²) in [5, 5.41) is 14.8. The molecule has 1 amide bonds. The van der Waals surface area contributed by atoms with Gasteiger partial charge in [-0.05, 0) is 42.0 Å². The van der Waals surface area contributed by atoms with E-state index >= 15 is 0 Å². The maximum Gasteiger partial charge on any atom is 0.257 e. The minimum absolute atomic E-state index is 0.192. The van der Waals surface area contributed by atoms with Gasteiger partial charge in [-0.1, -0.05) is 12.1 Å². The van der Waals surface area contributed by atoms with Gasteiger partial charge in [0.2, 0.25) is 0 Å². The lowest BCUT2D eigenvalue weighted by Gasteiger charge is -2.08. The van der Waals surface area contributed by atoms with Crippen LogP contribution in [0.25, 0.3) is 0 Å². The van der Waals surface area contributed by atoms with Crippen molar-refractivity contribution < 1.29 is 4.79 Å². The van der Waals surface area contributed by atoms with E-state index < -0.39 is 0 Å². The second-order valence-electron chi connectivity index (χ2n) is 5.29. The van der Waals surface area contributed by atoms with Crippen molar-refractivity contribution in [2.45, 2.75) is 6.54 Å². The fraction of sp³-hybridized carbons (Fsp3) is 0.0526. The van der Waals surface area contributed by atoms with Gasteiger partial charge in [-0.25, -0.2) is 4.98 Å². The van der Waals surface area contributed by atoms with Gasteiger partial charge in [-0.3, -0.25) is 9.78 Å². The molecule has 2 aromatic heterocycles. The summed E-state index contributed by atoms with van der Waals surface area (Å²) in [6.07, 6.45) is 4.78. The molecule has 0 saturated carbocycles. The largest absolute Gasteiger partial charge is 0.380 e. The Balaban J connectivity index is 1.56. The van der Waals surface area contributed by atoms with Crippen LogP contribution in [-0.4, -0.2) is 15.9 Å². The Morgan fingerprint density at radius 3 is 2.48 bits per heavy atom. The van der Waals surface area contributed by atoms with Crippen molar-refractivity contribution in [3.05, 3.63) is 83.9 Å². The molecule has 6 heteroatoms. The Morgan fingerprint density at radius 2 is 1.84 bits per heavy atom. The first-order chi connectivity index (χ1) is 12.2. The average Bonchev–Trinajstić information content (AvgIpc) is 2.68. The van der Waals surface area contributed by atoms with E-state index in [0.717, 1.165) is 16.9 Å². The number of nitrogens with one attached hydrogen (secondary N) is 2. The lowest BCUT2D eigenvalue weighted by molar-refractivity contribution is 0.102. The highest BCUT2D eigenvalue weighted by Gasteiger charge is 2.05. The number of carbonyl (C=O) groups is 1. The standard InChI is InChI=1S/C19H15N5O/c20-10-17-7-8-18(13-23-17)22-11-14-3-5-16(6-4-14)24-19(25)15-2-1-9-21-12-15/h1-9,12-13,22H,11H2,(H,24,25). The normalized spacial score (nSPS) is 9.88. The minimum atomic E-state index is -0.192. The van der Waals surface area contributed by atoms with Gasteiger partial charge in [-0.15, -0.1) is 0 Å². The van der Waals surface area contributed by atoms with Crippen molar-refractivity contribution in [2.24, 2.45) is 0 Å². The Kier molecular flexibility index (Phi) is 4.98. The molecule has 122 valence electrons. The van der Waals surface area contributed by atoms with E-state index in [9.17, 15) is 4.79 Å². The quantitative estimate of drug-likeness (QED) is 0.750. The number of hydrogen-bond donors (Lipinski definition) is 2. The highest BCUT2D eigenvalue weighted by molar-refractivity contribution is 6.03. The third kappa shape index (κ3) is 4.39. The van der Waals surface area contributed by atoms with Gasteiger partial charge in [0.05, 0.1) is 17.4 Å². The number of hydrogen-bond acceptors (Lipinski definition) is 5. The van der Waals surface area contributed by atoms with Gasteiger partial charge >= 0.3 is 0 Å². The number of nitriles is 1. The van der Waals surface area contributed by atoms with Crippen molar-refractivity contribution in [3.8, 4) is 6.07 Å². The smallest absolute Gasteiger partial charge is 0.257 e. The molecule has 2 heterocycles. The molecule has 0 radical (unpaired) electrons. The molecule has 3 rings (SSSR count). The van der Waals surface area contributed by atoms with Gasteiger partial charge in [0.15, 0.2) is 0 Å². The zero-order valence-corrected chi connectivity index (χ0v) is 13.3. The molecule has 0 saturated heterocycles. The fourth-order valence-corrected chi connectivity index (χ4v) is 2.17. The molecule has 0 fully saturated rings. The van der Waals surface area contributed by atoms with Crippen LogP contribution in [0.1, 0.15) is 21.6 Å². The molecule has 0 atom stereocenters. The fourth-order valence-electron chi connectivity index (χ4n) is 2.17. The topological polar surface area (TPSA) is 90.7 Å². The number of pyridine rings is 2. The molecule has 1 aromatic carbocycles. The maximum absolute atomic E-state index is 12.1. The summed E-state index contributed by atoms with van der Waals surface area (Å²) in [6.45, 7) is 0.615. The van der Waals surface area contributed by atoms with E-state index in [2.05, 4.69) is 20.6 Å².